The molecule has 2 aliphatic rings. The largest absolute Gasteiger partial charge is 0.482 e. The third-order valence-corrected chi connectivity index (χ3v) is 8.08. The van der Waals surface area contributed by atoms with Gasteiger partial charge in [0.15, 0.2) is 11.4 Å². The summed E-state index contributed by atoms with van der Waals surface area (Å²) in [6.45, 7) is 1.62. The van der Waals surface area contributed by atoms with Crippen LogP contribution in [0.4, 0.5) is 0 Å². The molecule has 3 heterocycles. The summed E-state index contributed by atoms with van der Waals surface area (Å²) < 4.78 is 23.6. The molecule has 0 spiro atoms. The first-order chi connectivity index (χ1) is 21.7. The summed E-state index contributed by atoms with van der Waals surface area (Å²) in [7, 11) is 0. The SMILES string of the molecule is C[C@@]12Oc3cc(-c4cccnc4)oc(=O)c3C(=O)C1C[C@@H](OC(=O)c1ccc(C#N)cc1)C[C@H]2OC(=O)c1ccc(C#N)cc1. The minimum absolute atomic E-state index is 0.0173. The molecule has 1 fully saturated rings. The summed E-state index contributed by atoms with van der Waals surface area (Å²) in [4.78, 5) is 57.5. The number of fused-ring (bicyclic) bond motifs is 2. The Hall–Kier alpha value is -6.07. The second-order valence-corrected chi connectivity index (χ2v) is 10.9. The van der Waals surface area contributed by atoms with Crippen LogP contribution in [0.15, 0.2) is 88.3 Å². The van der Waals surface area contributed by atoms with Crippen molar-refractivity contribution in [3.63, 3.8) is 0 Å². The Morgan fingerprint density at radius 1 is 0.911 bits per heavy atom. The van der Waals surface area contributed by atoms with Gasteiger partial charge in [0.2, 0.25) is 0 Å². The Labute approximate surface area is 256 Å². The van der Waals surface area contributed by atoms with Gasteiger partial charge in [-0.25, -0.2) is 14.4 Å². The number of pyridine rings is 1. The van der Waals surface area contributed by atoms with Crippen LogP contribution >= 0.6 is 0 Å². The van der Waals surface area contributed by atoms with Crippen LogP contribution in [0.3, 0.4) is 0 Å². The maximum atomic E-state index is 14.0. The lowest BCUT2D eigenvalue weighted by molar-refractivity contribution is -0.133. The van der Waals surface area contributed by atoms with E-state index >= 15 is 0 Å². The summed E-state index contributed by atoms with van der Waals surface area (Å²) in [5.74, 6) is -2.98. The molecule has 45 heavy (non-hydrogen) atoms. The second-order valence-electron chi connectivity index (χ2n) is 10.9. The number of nitriles is 2. The first-order valence-electron chi connectivity index (χ1n) is 13.9. The Bertz CT molecular complexity index is 1960. The molecule has 4 atom stereocenters. The highest BCUT2D eigenvalue weighted by Gasteiger charge is 2.58. The number of Topliss-reactive ketones (excluding diaryl/α,β-unsaturated/α-hetero) is 1. The first kappa shape index (κ1) is 29.0. The standard InChI is InChI=1S/C34H23N3O8/c1-34-25(30(38)29-27(45-34)15-26(43-33(29)41)23-3-2-12-37-18-23)13-24(42-31(39)21-8-4-19(16-35)5-9-21)14-28(34)44-32(40)22-10-6-20(17-36)7-11-22/h2-12,15,18,24-25,28H,13-14H2,1H3/t24-,25?,28-,34-/m1/s1. The highest BCUT2D eigenvalue weighted by molar-refractivity contribution is 6.02. The molecule has 4 aromatic rings. The first-order valence-corrected chi connectivity index (χ1v) is 13.9. The predicted octanol–water partition coefficient (Wildman–Crippen LogP) is 4.64. The molecule has 2 aromatic carbocycles. The number of rotatable bonds is 5. The Kier molecular flexibility index (Phi) is 7.45. The van der Waals surface area contributed by atoms with Crippen LogP contribution in [0.1, 0.15) is 62.0 Å². The second kappa shape index (κ2) is 11.5. The molecule has 0 bridgehead atoms. The van der Waals surface area contributed by atoms with E-state index in [9.17, 15) is 19.2 Å². The number of aromatic nitrogens is 1. The summed E-state index contributed by atoms with van der Waals surface area (Å²) in [5, 5.41) is 18.2. The Morgan fingerprint density at radius 2 is 1.53 bits per heavy atom. The van der Waals surface area contributed by atoms with Crippen LogP contribution in [0, 0.1) is 28.6 Å². The molecular formula is C34H23N3O8. The number of carbonyl (C=O) groups excluding carboxylic acids is 3. The van der Waals surface area contributed by atoms with E-state index in [1.807, 2.05) is 12.1 Å². The maximum Gasteiger partial charge on any atom is 0.351 e. The molecule has 0 saturated heterocycles. The zero-order valence-corrected chi connectivity index (χ0v) is 23.8. The molecule has 1 unspecified atom stereocenters. The van der Waals surface area contributed by atoms with Gasteiger partial charge in [0.1, 0.15) is 29.3 Å². The third kappa shape index (κ3) is 5.43. The van der Waals surface area contributed by atoms with Gasteiger partial charge in [-0.2, -0.15) is 10.5 Å². The van der Waals surface area contributed by atoms with Crippen molar-refractivity contribution in [1.82, 2.24) is 4.98 Å². The van der Waals surface area contributed by atoms with Gasteiger partial charge in [0.25, 0.3) is 0 Å². The number of carbonyl (C=O) groups is 3. The van der Waals surface area contributed by atoms with E-state index in [2.05, 4.69) is 4.98 Å². The quantitative estimate of drug-likeness (QED) is 0.292. The van der Waals surface area contributed by atoms with E-state index in [0.29, 0.717) is 16.7 Å². The maximum absolute atomic E-state index is 14.0. The Morgan fingerprint density at radius 3 is 2.11 bits per heavy atom. The molecular weight excluding hydrogens is 578 g/mol. The van der Waals surface area contributed by atoms with Gasteiger partial charge in [-0.05, 0) is 74.0 Å². The molecule has 1 saturated carbocycles. The van der Waals surface area contributed by atoms with Gasteiger partial charge in [0.05, 0.1) is 40.3 Å². The van der Waals surface area contributed by atoms with Crippen molar-refractivity contribution in [2.75, 3.05) is 0 Å². The molecule has 2 aromatic heterocycles. The van der Waals surface area contributed by atoms with Gasteiger partial charge in [0, 0.05) is 30.4 Å². The van der Waals surface area contributed by atoms with Gasteiger partial charge in [-0.3, -0.25) is 9.78 Å². The van der Waals surface area contributed by atoms with E-state index in [1.54, 1.807) is 25.3 Å². The fourth-order valence-corrected chi connectivity index (χ4v) is 5.67. The number of hydrogen-bond acceptors (Lipinski definition) is 11. The van der Waals surface area contributed by atoms with Gasteiger partial charge < -0.3 is 18.6 Å². The molecule has 0 radical (unpaired) electrons. The van der Waals surface area contributed by atoms with Crippen LogP contribution in [-0.2, 0) is 9.47 Å². The van der Waals surface area contributed by atoms with E-state index in [0.717, 1.165) is 0 Å². The van der Waals surface area contributed by atoms with Crippen molar-refractivity contribution in [3.8, 4) is 29.2 Å². The number of ketones is 1. The normalized spacial score (nSPS) is 21.6. The number of benzene rings is 2. The van der Waals surface area contributed by atoms with Gasteiger partial charge in [-0.15, -0.1) is 0 Å². The third-order valence-electron chi connectivity index (χ3n) is 8.08. The molecule has 0 N–H and O–H groups in total. The fraction of sp³-hybridized carbons (Fsp3) is 0.206. The molecule has 222 valence electrons. The molecule has 0 amide bonds. The van der Waals surface area contributed by atoms with Gasteiger partial charge >= 0.3 is 17.6 Å². The lowest BCUT2D eigenvalue weighted by Crippen LogP contribution is -2.62. The highest BCUT2D eigenvalue weighted by Crippen LogP contribution is 2.47. The smallest absolute Gasteiger partial charge is 0.351 e. The van der Waals surface area contributed by atoms with Crippen LogP contribution in [0.2, 0.25) is 0 Å². The van der Waals surface area contributed by atoms with Crippen molar-refractivity contribution in [3.05, 3.63) is 117 Å². The van der Waals surface area contributed by atoms with Crippen LogP contribution < -0.4 is 10.4 Å². The lowest BCUT2D eigenvalue weighted by Gasteiger charge is -2.49. The number of esters is 2. The summed E-state index contributed by atoms with van der Waals surface area (Å²) in [6, 6.07) is 20.4. The Balaban J connectivity index is 1.36. The zero-order chi connectivity index (χ0) is 31.7. The van der Waals surface area contributed by atoms with Gasteiger partial charge in [-0.1, -0.05) is 0 Å². The van der Waals surface area contributed by atoms with Crippen molar-refractivity contribution < 1.29 is 33.0 Å². The molecule has 6 rings (SSSR count). The van der Waals surface area contributed by atoms with E-state index < -0.39 is 47.1 Å². The molecule has 1 aliphatic carbocycles. The van der Waals surface area contributed by atoms with E-state index in [1.165, 1.54) is 60.8 Å². The van der Waals surface area contributed by atoms with E-state index in [4.69, 9.17) is 29.2 Å². The van der Waals surface area contributed by atoms with E-state index in [-0.39, 0.29) is 41.0 Å². The van der Waals surface area contributed by atoms with Crippen molar-refractivity contribution in [2.45, 2.75) is 37.6 Å². The minimum Gasteiger partial charge on any atom is -0.482 e. The van der Waals surface area contributed by atoms with Crippen LogP contribution in [0.25, 0.3) is 11.3 Å². The fourth-order valence-electron chi connectivity index (χ4n) is 5.67. The summed E-state index contributed by atoms with van der Waals surface area (Å²) in [5.41, 5.74) is -1.09. The minimum atomic E-state index is -1.45. The number of hydrogen-bond donors (Lipinski definition) is 0. The predicted molar refractivity (Wildman–Crippen MR) is 155 cm³/mol. The average Bonchev–Trinajstić information content (AvgIpc) is 3.05. The monoisotopic (exact) mass is 601 g/mol. The highest BCUT2D eigenvalue weighted by atomic mass is 16.6. The van der Waals surface area contributed by atoms with Crippen LogP contribution in [-0.4, -0.2) is 40.5 Å². The van der Waals surface area contributed by atoms with Crippen LogP contribution in [0.5, 0.6) is 5.75 Å². The molecule has 1 aliphatic heterocycles. The topological polar surface area (TPSA) is 170 Å². The molecule has 11 nitrogen and oxygen atoms in total. The number of ether oxygens (including phenoxy) is 3. The van der Waals surface area contributed by atoms with Crippen molar-refractivity contribution in [2.24, 2.45) is 5.92 Å². The average molecular weight is 602 g/mol. The zero-order valence-electron chi connectivity index (χ0n) is 23.8. The molecule has 11 heteroatoms. The van der Waals surface area contributed by atoms with Crippen molar-refractivity contribution >= 4 is 17.7 Å². The summed E-state index contributed by atoms with van der Waals surface area (Å²) >= 11 is 0. The number of nitrogens with zero attached hydrogens (tertiary/aromatic N) is 3. The van der Waals surface area contributed by atoms with Crippen molar-refractivity contribution in [1.29, 1.82) is 10.5 Å². The lowest BCUT2D eigenvalue weighted by atomic mass is 9.68. The summed E-state index contributed by atoms with van der Waals surface area (Å²) in [6.07, 6.45) is 1.01.